The molecule has 3 N–H and O–H groups in total. The molecule has 1 aliphatic rings. The zero-order chi connectivity index (χ0) is 10.6. The van der Waals surface area contributed by atoms with Gasteiger partial charge in [0, 0.05) is 17.6 Å². The molecule has 0 aromatic heterocycles. The van der Waals surface area contributed by atoms with Gasteiger partial charge >= 0.3 is 0 Å². The molecule has 1 rings (SSSR count). The first-order valence-electron chi connectivity index (χ1n) is 5.12. The molecule has 0 radical (unpaired) electrons. The van der Waals surface area contributed by atoms with Crippen LogP contribution in [0.2, 0.25) is 0 Å². The Kier molecular flexibility index (Phi) is 3.86. The zero-order valence-corrected chi connectivity index (χ0v) is 9.01. The molecule has 0 atom stereocenters. The van der Waals surface area contributed by atoms with Crippen LogP contribution in [-0.4, -0.2) is 18.0 Å². The summed E-state index contributed by atoms with van der Waals surface area (Å²) in [5, 5.41) is 7.48. The first-order chi connectivity index (χ1) is 6.59. The van der Waals surface area contributed by atoms with Crippen LogP contribution in [0.5, 0.6) is 0 Å². The highest BCUT2D eigenvalue weighted by Gasteiger charge is 2.14. The summed E-state index contributed by atoms with van der Waals surface area (Å²) in [6.45, 7) is 3.86. The summed E-state index contributed by atoms with van der Waals surface area (Å²) in [6, 6.07) is 0.401. The first-order valence-corrected chi connectivity index (χ1v) is 5.12. The van der Waals surface area contributed by atoms with E-state index in [1.165, 1.54) is 0 Å². The van der Waals surface area contributed by atoms with E-state index < -0.39 is 0 Å². The molecule has 0 aromatic rings. The van der Waals surface area contributed by atoms with Gasteiger partial charge in [0.2, 0.25) is 0 Å². The van der Waals surface area contributed by atoms with Crippen LogP contribution in [0.15, 0.2) is 16.3 Å². The molecule has 1 fully saturated rings. The van der Waals surface area contributed by atoms with Crippen LogP contribution in [0, 0.1) is 5.41 Å². The Labute approximate surface area is 85.6 Å². The van der Waals surface area contributed by atoms with Gasteiger partial charge in [-0.3, -0.25) is 4.99 Å². The summed E-state index contributed by atoms with van der Waals surface area (Å²) in [5.74, 6) is 0. The molecule has 0 saturated heterocycles. The van der Waals surface area contributed by atoms with E-state index in [0.717, 1.165) is 42.7 Å². The van der Waals surface area contributed by atoms with E-state index in [0.29, 0.717) is 6.04 Å². The quantitative estimate of drug-likeness (QED) is 0.649. The van der Waals surface area contributed by atoms with Crippen molar-refractivity contribution in [3.05, 3.63) is 11.3 Å². The Hall–Kier alpha value is -1.12. The second-order valence-electron chi connectivity index (χ2n) is 3.98. The third-order valence-corrected chi connectivity index (χ3v) is 2.66. The highest BCUT2D eigenvalue weighted by Crippen LogP contribution is 2.17. The van der Waals surface area contributed by atoms with E-state index in [1.54, 1.807) is 0 Å². The molecule has 3 nitrogen and oxygen atoms in total. The predicted molar refractivity (Wildman–Crippen MR) is 61.0 cm³/mol. The monoisotopic (exact) mass is 193 g/mol. The highest BCUT2D eigenvalue weighted by atomic mass is 14.8. The Morgan fingerprint density at radius 2 is 2.00 bits per heavy atom. The Morgan fingerprint density at radius 1 is 1.43 bits per heavy atom. The van der Waals surface area contributed by atoms with Crippen molar-refractivity contribution >= 4 is 11.9 Å². The number of hydrogen-bond donors (Lipinski definition) is 2. The second-order valence-corrected chi connectivity index (χ2v) is 3.98. The van der Waals surface area contributed by atoms with Gasteiger partial charge in [0.1, 0.15) is 0 Å². The molecule has 0 amide bonds. The van der Waals surface area contributed by atoms with Crippen LogP contribution in [0.3, 0.4) is 0 Å². The normalized spacial score (nSPS) is 25.3. The number of allylic oxidation sites excluding steroid dienone is 2. The van der Waals surface area contributed by atoms with Gasteiger partial charge in [0.15, 0.2) is 0 Å². The lowest BCUT2D eigenvalue weighted by atomic mass is 9.94. The molecule has 78 valence electrons. The summed E-state index contributed by atoms with van der Waals surface area (Å²) in [4.78, 5) is 4.48. The average molecular weight is 193 g/mol. The largest absolute Gasteiger partial charge is 0.402 e. The molecule has 14 heavy (non-hydrogen) atoms. The number of nitrogens with two attached hydrogens (primary N) is 1. The lowest BCUT2D eigenvalue weighted by Gasteiger charge is -2.18. The number of nitrogens with one attached hydrogen (secondary N) is 1. The summed E-state index contributed by atoms with van der Waals surface area (Å²) < 4.78 is 0. The molecular weight excluding hydrogens is 174 g/mol. The molecule has 0 bridgehead atoms. The van der Waals surface area contributed by atoms with E-state index in [1.807, 2.05) is 20.1 Å². The summed E-state index contributed by atoms with van der Waals surface area (Å²) >= 11 is 0. The van der Waals surface area contributed by atoms with Crippen LogP contribution < -0.4 is 5.73 Å². The van der Waals surface area contributed by atoms with Gasteiger partial charge in [-0.25, -0.2) is 0 Å². The lowest BCUT2D eigenvalue weighted by molar-refractivity contribution is 0.561. The van der Waals surface area contributed by atoms with E-state index in [4.69, 9.17) is 11.1 Å². The molecule has 0 aliphatic heterocycles. The van der Waals surface area contributed by atoms with E-state index in [2.05, 4.69) is 4.99 Å². The summed E-state index contributed by atoms with van der Waals surface area (Å²) in [5.41, 5.74) is 8.38. The minimum atomic E-state index is 0.401. The number of nitrogens with zero attached hydrogens (tertiary/aromatic N) is 1. The Balaban J connectivity index is 2.45. The summed E-state index contributed by atoms with van der Waals surface area (Å²) in [6.07, 6.45) is 5.73. The minimum Gasteiger partial charge on any atom is -0.402 e. The van der Waals surface area contributed by atoms with Gasteiger partial charge in [0.25, 0.3) is 0 Å². The third kappa shape index (κ3) is 3.32. The van der Waals surface area contributed by atoms with Gasteiger partial charge in [-0.05, 0) is 45.1 Å². The van der Waals surface area contributed by atoms with Gasteiger partial charge in [-0.15, -0.1) is 0 Å². The highest BCUT2D eigenvalue weighted by molar-refractivity contribution is 5.82. The Bertz CT molecular complexity index is 262. The first kappa shape index (κ1) is 11.0. The maximum absolute atomic E-state index is 7.48. The van der Waals surface area contributed by atoms with E-state index in [-0.39, 0.29) is 0 Å². The van der Waals surface area contributed by atoms with Crippen LogP contribution in [-0.2, 0) is 0 Å². The third-order valence-electron chi connectivity index (χ3n) is 2.66. The van der Waals surface area contributed by atoms with Gasteiger partial charge in [-0.1, -0.05) is 0 Å². The van der Waals surface area contributed by atoms with Crippen molar-refractivity contribution in [3.8, 4) is 0 Å². The van der Waals surface area contributed by atoms with Crippen molar-refractivity contribution in [2.45, 2.75) is 45.6 Å². The molecule has 3 heteroatoms. The topological polar surface area (TPSA) is 62.2 Å². The SMILES string of the molecule is C/C(N)=C(\C)C=NC1CCC(=N)CC1. The van der Waals surface area contributed by atoms with E-state index in [9.17, 15) is 0 Å². The fourth-order valence-corrected chi connectivity index (χ4v) is 1.42. The Morgan fingerprint density at radius 3 is 2.50 bits per heavy atom. The molecule has 1 saturated carbocycles. The predicted octanol–water partition coefficient (Wildman–Crippen LogP) is 2.27. The standard InChI is InChI=1S/C11H19N3/c1-8(9(2)12)7-14-11-5-3-10(13)4-6-11/h7,11,13H,3-6,12H2,1-2H3/b9-8-,13-10?,14-7?. The maximum atomic E-state index is 7.48. The van der Waals surface area contributed by atoms with Crippen LogP contribution in [0.25, 0.3) is 0 Å². The van der Waals surface area contributed by atoms with Crippen molar-refractivity contribution in [2.75, 3.05) is 0 Å². The van der Waals surface area contributed by atoms with Gasteiger partial charge in [-0.2, -0.15) is 0 Å². The molecule has 1 aliphatic carbocycles. The number of rotatable bonds is 2. The van der Waals surface area contributed by atoms with Crippen molar-refractivity contribution in [2.24, 2.45) is 10.7 Å². The molecule has 0 spiro atoms. The van der Waals surface area contributed by atoms with Crippen molar-refractivity contribution < 1.29 is 0 Å². The average Bonchev–Trinajstić information content (AvgIpc) is 2.16. The van der Waals surface area contributed by atoms with Crippen molar-refractivity contribution in [3.63, 3.8) is 0 Å². The fourth-order valence-electron chi connectivity index (χ4n) is 1.42. The van der Waals surface area contributed by atoms with Crippen LogP contribution in [0.4, 0.5) is 0 Å². The second kappa shape index (κ2) is 4.94. The zero-order valence-electron chi connectivity index (χ0n) is 9.01. The maximum Gasteiger partial charge on any atom is 0.0506 e. The van der Waals surface area contributed by atoms with Crippen molar-refractivity contribution in [1.82, 2.24) is 0 Å². The number of aliphatic imine (C=N–C) groups is 1. The van der Waals surface area contributed by atoms with E-state index >= 15 is 0 Å². The van der Waals surface area contributed by atoms with Gasteiger partial charge in [0.05, 0.1) is 6.04 Å². The molecule has 0 aromatic carbocycles. The fraction of sp³-hybridized carbons (Fsp3) is 0.636. The van der Waals surface area contributed by atoms with Crippen molar-refractivity contribution in [1.29, 1.82) is 5.41 Å². The van der Waals surface area contributed by atoms with Crippen LogP contribution >= 0.6 is 0 Å². The smallest absolute Gasteiger partial charge is 0.0506 e. The molecule has 0 heterocycles. The summed E-state index contributed by atoms with van der Waals surface area (Å²) in [7, 11) is 0. The molecule has 0 unspecified atom stereocenters. The lowest BCUT2D eigenvalue weighted by Crippen LogP contribution is -2.16. The van der Waals surface area contributed by atoms with Gasteiger partial charge < -0.3 is 11.1 Å². The minimum absolute atomic E-state index is 0.401. The number of hydrogen-bond acceptors (Lipinski definition) is 3. The molecular formula is C11H19N3. The van der Waals surface area contributed by atoms with Crippen LogP contribution in [0.1, 0.15) is 39.5 Å².